The Balaban J connectivity index is 1.47. The van der Waals surface area contributed by atoms with Gasteiger partial charge in [-0.05, 0) is 25.0 Å². The van der Waals surface area contributed by atoms with Crippen LogP contribution in [0.5, 0.6) is 0 Å². The van der Waals surface area contributed by atoms with Crippen LogP contribution >= 0.6 is 34.8 Å². The normalized spacial score (nSPS) is 14.1. The van der Waals surface area contributed by atoms with Crippen molar-refractivity contribution in [1.29, 1.82) is 0 Å². The van der Waals surface area contributed by atoms with Gasteiger partial charge in [0.15, 0.2) is 11.5 Å². The van der Waals surface area contributed by atoms with Crippen LogP contribution in [0.4, 0.5) is 19.0 Å². The third-order valence-corrected chi connectivity index (χ3v) is 5.83. The molecule has 6 nitrogen and oxygen atoms in total. The number of carbonyl (C=O) groups excluding carboxylic acids is 1. The fourth-order valence-corrected chi connectivity index (χ4v) is 4.10. The Hall–Kier alpha value is -2.23. The molecule has 3 aromatic rings. The number of nitrogens with one attached hydrogen (secondary N) is 1. The Morgan fingerprint density at radius 2 is 1.81 bits per heavy atom. The Bertz CT molecular complexity index is 1120. The van der Waals surface area contributed by atoms with Gasteiger partial charge in [0.05, 0.1) is 17.3 Å². The summed E-state index contributed by atoms with van der Waals surface area (Å²) in [7, 11) is 0. The summed E-state index contributed by atoms with van der Waals surface area (Å²) in [6, 6.07) is 6.69. The van der Waals surface area contributed by atoms with Crippen LogP contribution in [0.25, 0.3) is 0 Å². The maximum atomic E-state index is 13.2. The molecule has 4 rings (SSSR count). The highest BCUT2D eigenvalue weighted by molar-refractivity contribution is 6.36. The highest BCUT2D eigenvalue weighted by Gasteiger charge is 2.42. The number of alkyl halides is 3. The van der Waals surface area contributed by atoms with Crippen molar-refractivity contribution in [3.63, 3.8) is 0 Å². The van der Waals surface area contributed by atoms with Crippen LogP contribution in [-0.4, -0.2) is 25.5 Å². The second-order valence-electron chi connectivity index (χ2n) is 7.12. The number of anilines is 1. The lowest BCUT2D eigenvalue weighted by atomic mass is 10.2. The maximum Gasteiger partial charge on any atom is 0.436 e. The topological polar surface area (TPSA) is 64.7 Å². The molecule has 0 atom stereocenters. The maximum absolute atomic E-state index is 13.2. The van der Waals surface area contributed by atoms with E-state index in [1.807, 2.05) is 0 Å². The lowest BCUT2D eigenvalue weighted by Crippen LogP contribution is -2.21. The zero-order valence-corrected chi connectivity index (χ0v) is 18.0. The van der Waals surface area contributed by atoms with E-state index in [9.17, 15) is 18.0 Å². The van der Waals surface area contributed by atoms with Crippen molar-refractivity contribution in [3.8, 4) is 0 Å². The average molecular weight is 493 g/mol. The Kier molecular flexibility index (Phi) is 5.93. The quantitative estimate of drug-likeness (QED) is 0.485. The Morgan fingerprint density at radius 1 is 1.13 bits per heavy atom. The van der Waals surface area contributed by atoms with E-state index in [1.165, 1.54) is 4.68 Å². The minimum absolute atomic E-state index is 0.122. The van der Waals surface area contributed by atoms with Crippen LogP contribution in [0.1, 0.15) is 35.7 Å². The fraction of sp³-hybridized carbons (Fsp3) is 0.316. The molecule has 1 aliphatic rings. The number of amides is 1. The number of benzene rings is 1. The first-order valence-corrected chi connectivity index (χ1v) is 10.4. The van der Waals surface area contributed by atoms with Gasteiger partial charge < -0.3 is 5.32 Å². The molecule has 1 saturated carbocycles. The number of nitrogens with zero attached hydrogens (tertiary/aromatic N) is 4. The van der Waals surface area contributed by atoms with Crippen LogP contribution in [0.15, 0.2) is 30.5 Å². The van der Waals surface area contributed by atoms with E-state index in [-0.39, 0.29) is 24.0 Å². The molecule has 1 N–H and O–H groups in total. The van der Waals surface area contributed by atoms with Crippen molar-refractivity contribution >= 4 is 46.5 Å². The third kappa shape index (κ3) is 4.83. The first kappa shape index (κ1) is 22.0. The number of hydrogen-bond donors (Lipinski definition) is 1. The molecule has 0 spiro atoms. The first-order chi connectivity index (χ1) is 14.6. The summed E-state index contributed by atoms with van der Waals surface area (Å²) in [5, 5.41) is 10.9. The van der Waals surface area contributed by atoms with Gasteiger partial charge in [0.2, 0.25) is 5.91 Å². The lowest BCUT2D eigenvalue weighted by molar-refractivity contribution is -0.141. The molecule has 0 saturated heterocycles. The van der Waals surface area contributed by atoms with Crippen molar-refractivity contribution in [2.75, 3.05) is 5.32 Å². The summed E-state index contributed by atoms with van der Waals surface area (Å²) < 4.78 is 42.0. The molecular weight excluding hydrogens is 478 g/mol. The molecular formula is C19H15Cl3F3N5O. The van der Waals surface area contributed by atoms with Crippen molar-refractivity contribution < 1.29 is 18.0 Å². The van der Waals surface area contributed by atoms with Gasteiger partial charge in [-0.25, -0.2) is 0 Å². The van der Waals surface area contributed by atoms with Gasteiger partial charge in [0.1, 0.15) is 6.54 Å². The molecule has 1 aromatic carbocycles. The zero-order valence-electron chi connectivity index (χ0n) is 15.8. The lowest BCUT2D eigenvalue weighted by Gasteiger charge is -2.08. The van der Waals surface area contributed by atoms with Crippen LogP contribution in [-0.2, 0) is 24.1 Å². The van der Waals surface area contributed by atoms with Gasteiger partial charge >= 0.3 is 6.18 Å². The highest BCUT2D eigenvalue weighted by atomic mass is 35.5. The van der Waals surface area contributed by atoms with Gasteiger partial charge in [0, 0.05) is 33.8 Å². The van der Waals surface area contributed by atoms with E-state index in [0.29, 0.717) is 28.5 Å². The van der Waals surface area contributed by atoms with Crippen LogP contribution in [0.3, 0.4) is 0 Å². The summed E-state index contributed by atoms with van der Waals surface area (Å²) >= 11 is 18.2. The Morgan fingerprint density at radius 3 is 2.42 bits per heavy atom. The van der Waals surface area contributed by atoms with Gasteiger partial charge in [0.25, 0.3) is 0 Å². The number of hydrogen-bond acceptors (Lipinski definition) is 3. The summed E-state index contributed by atoms with van der Waals surface area (Å²) in [5.41, 5.74) is -0.264. The van der Waals surface area contributed by atoms with Crippen LogP contribution in [0, 0.1) is 0 Å². The molecule has 0 aliphatic heterocycles. The summed E-state index contributed by atoms with van der Waals surface area (Å²) in [5.74, 6) is -0.463. The predicted molar refractivity (Wildman–Crippen MR) is 111 cm³/mol. The summed E-state index contributed by atoms with van der Waals surface area (Å²) in [6.07, 6.45) is -1.66. The van der Waals surface area contributed by atoms with Crippen LogP contribution in [0.2, 0.25) is 15.1 Å². The SMILES string of the molecule is O=C(Cn1nc(C(F)(F)F)c(Cl)c1C1CC1)Nc1ccn(Cc2c(Cl)cccc2Cl)n1. The highest BCUT2D eigenvalue weighted by Crippen LogP contribution is 2.46. The monoisotopic (exact) mass is 491 g/mol. The van der Waals surface area contributed by atoms with E-state index < -0.39 is 29.3 Å². The second kappa shape index (κ2) is 8.37. The second-order valence-corrected chi connectivity index (χ2v) is 8.32. The van der Waals surface area contributed by atoms with E-state index in [1.54, 1.807) is 30.5 Å². The van der Waals surface area contributed by atoms with E-state index in [0.717, 1.165) is 4.68 Å². The number of halogens is 6. The predicted octanol–water partition coefficient (Wildman–Crippen LogP) is 5.62. The molecule has 1 aliphatic carbocycles. The minimum Gasteiger partial charge on any atom is -0.308 e. The van der Waals surface area contributed by atoms with Crippen molar-refractivity contribution in [1.82, 2.24) is 19.6 Å². The molecule has 0 unspecified atom stereocenters. The molecule has 12 heteroatoms. The molecule has 1 amide bonds. The molecule has 31 heavy (non-hydrogen) atoms. The van der Waals surface area contributed by atoms with Crippen molar-refractivity contribution in [2.24, 2.45) is 0 Å². The zero-order chi connectivity index (χ0) is 22.3. The standard InChI is InChI=1S/C19H15Cl3F3N5O/c20-12-2-1-3-13(21)11(12)8-29-7-6-14(27-29)26-15(31)9-30-17(10-4-5-10)16(22)18(28-30)19(23,24)25/h1-3,6-7,10H,4-5,8-9H2,(H,26,27,31). The molecule has 0 bridgehead atoms. The number of carbonyl (C=O) groups is 1. The van der Waals surface area contributed by atoms with E-state index in [2.05, 4.69) is 15.5 Å². The number of aromatic nitrogens is 4. The van der Waals surface area contributed by atoms with Gasteiger partial charge in [-0.15, -0.1) is 0 Å². The average Bonchev–Trinajstić information content (AvgIpc) is 3.32. The molecule has 0 radical (unpaired) electrons. The molecule has 1 fully saturated rings. The van der Waals surface area contributed by atoms with Crippen molar-refractivity contribution in [3.05, 3.63) is 62.5 Å². The molecule has 164 valence electrons. The smallest absolute Gasteiger partial charge is 0.308 e. The fourth-order valence-electron chi connectivity index (χ4n) is 3.18. The molecule has 2 heterocycles. The summed E-state index contributed by atoms with van der Waals surface area (Å²) in [4.78, 5) is 12.4. The largest absolute Gasteiger partial charge is 0.436 e. The number of rotatable bonds is 6. The van der Waals surface area contributed by atoms with Crippen molar-refractivity contribution in [2.45, 2.75) is 38.0 Å². The van der Waals surface area contributed by atoms with E-state index in [4.69, 9.17) is 34.8 Å². The minimum atomic E-state index is -4.69. The van der Waals surface area contributed by atoms with Crippen LogP contribution < -0.4 is 5.32 Å². The first-order valence-electron chi connectivity index (χ1n) is 9.23. The third-order valence-electron chi connectivity index (χ3n) is 4.75. The van der Waals surface area contributed by atoms with E-state index >= 15 is 0 Å². The van der Waals surface area contributed by atoms with Gasteiger partial charge in [-0.2, -0.15) is 23.4 Å². The Labute approximate surface area is 189 Å². The van der Waals surface area contributed by atoms with Gasteiger partial charge in [-0.1, -0.05) is 40.9 Å². The summed E-state index contributed by atoms with van der Waals surface area (Å²) in [6.45, 7) is -0.130. The molecule has 2 aromatic heterocycles. The van der Waals surface area contributed by atoms with Gasteiger partial charge in [-0.3, -0.25) is 14.2 Å².